The van der Waals surface area contributed by atoms with Crippen LogP contribution in [-0.4, -0.2) is 41.8 Å². The predicted octanol–water partition coefficient (Wildman–Crippen LogP) is 1.75. The number of carbonyl (C=O) groups excluding carboxylic acids is 1. The average molecular weight is 347 g/mol. The molecule has 2 aromatic heterocycles. The fourth-order valence-electron chi connectivity index (χ4n) is 2.16. The number of nitrogens with one attached hydrogen (secondary N) is 1. The molecular formula is C15H17N5O3S. The summed E-state index contributed by atoms with van der Waals surface area (Å²) in [7, 11) is 3.44. The van der Waals surface area contributed by atoms with Gasteiger partial charge in [0.05, 0.1) is 24.9 Å². The first-order valence-corrected chi connectivity index (χ1v) is 8.09. The Hall–Kier alpha value is -2.68. The summed E-state index contributed by atoms with van der Waals surface area (Å²) in [6.45, 7) is 2.09. The standard InChI is InChI=1S/C15H17N5O3S/c1-9-18-19-13(23-9)7-16-12(21)8-20(2)15-17-14-10(22-3)5-4-6-11(14)24-15/h4-6H,7-8H2,1-3H3,(H,16,21). The van der Waals surface area contributed by atoms with Crippen LogP contribution in [0.25, 0.3) is 10.2 Å². The molecule has 0 atom stereocenters. The number of nitrogens with zero attached hydrogens (tertiary/aromatic N) is 4. The smallest absolute Gasteiger partial charge is 0.240 e. The van der Waals surface area contributed by atoms with Gasteiger partial charge in [-0.25, -0.2) is 4.98 Å². The van der Waals surface area contributed by atoms with Crippen molar-refractivity contribution in [1.82, 2.24) is 20.5 Å². The van der Waals surface area contributed by atoms with Gasteiger partial charge in [-0.2, -0.15) is 0 Å². The van der Waals surface area contributed by atoms with Gasteiger partial charge in [0.1, 0.15) is 11.3 Å². The van der Waals surface area contributed by atoms with Crippen LogP contribution in [0.4, 0.5) is 5.13 Å². The largest absolute Gasteiger partial charge is 0.494 e. The first-order valence-electron chi connectivity index (χ1n) is 7.27. The van der Waals surface area contributed by atoms with Gasteiger partial charge in [-0.05, 0) is 12.1 Å². The van der Waals surface area contributed by atoms with Gasteiger partial charge in [0.15, 0.2) is 5.13 Å². The van der Waals surface area contributed by atoms with Crippen LogP contribution in [-0.2, 0) is 11.3 Å². The van der Waals surface area contributed by atoms with Crippen molar-refractivity contribution in [3.8, 4) is 5.75 Å². The number of thiazole rings is 1. The molecule has 0 unspecified atom stereocenters. The number of hydrogen-bond donors (Lipinski definition) is 1. The molecule has 126 valence electrons. The number of para-hydroxylation sites is 1. The molecule has 0 spiro atoms. The van der Waals surface area contributed by atoms with Crippen LogP contribution in [0.2, 0.25) is 0 Å². The van der Waals surface area contributed by atoms with Crippen molar-refractivity contribution in [2.24, 2.45) is 0 Å². The number of carbonyl (C=O) groups is 1. The molecule has 0 aliphatic heterocycles. The van der Waals surface area contributed by atoms with Gasteiger partial charge >= 0.3 is 0 Å². The van der Waals surface area contributed by atoms with Crippen molar-refractivity contribution in [2.75, 3.05) is 25.6 Å². The van der Waals surface area contributed by atoms with Crippen molar-refractivity contribution in [2.45, 2.75) is 13.5 Å². The molecule has 0 fully saturated rings. The van der Waals surface area contributed by atoms with E-state index in [1.807, 2.05) is 25.2 Å². The fraction of sp³-hybridized carbons (Fsp3) is 0.333. The molecular weight excluding hydrogens is 330 g/mol. The molecule has 9 heteroatoms. The van der Waals surface area contributed by atoms with E-state index in [0.29, 0.717) is 11.8 Å². The molecule has 0 aliphatic carbocycles. The third-order valence-corrected chi connectivity index (χ3v) is 4.44. The van der Waals surface area contributed by atoms with Crippen molar-refractivity contribution >= 4 is 32.6 Å². The Morgan fingerprint density at radius 3 is 2.96 bits per heavy atom. The van der Waals surface area contributed by atoms with Crippen LogP contribution in [0.15, 0.2) is 22.6 Å². The Kier molecular flexibility index (Phi) is 4.61. The number of amides is 1. The molecule has 8 nitrogen and oxygen atoms in total. The number of methoxy groups -OCH3 is 1. The van der Waals surface area contributed by atoms with E-state index in [9.17, 15) is 4.79 Å². The Balaban J connectivity index is 1.63. The number of ether oxygens (including phenoxy) is 1. The molecule has 0 saturated heterocycles. The number of rotatable bonds is 6. The minimum atomic E-state index is -0.153. The quantitative estimate of drug-likeness (QED) is 0.726. The van der Waals surface area contributed by atoms with E-state index in [-0.39, 0.29) is 19.0 Å². The van der Waals surface area contributed by atoms with Gasteiger partial charge in [-0.1, -0.05) is 17.4 Å². The zero-order valence-electron chi connectivity index (χ0n) is 13.6. The summed E-state index contributed by atoms with van der Waals surface area (Å²) in [5.74, 6) is 1.42. The second-order valence-corrected chi connectivity index (χ2v) is 6.16. The van der Waals surface area contributed by atoms with Crippen LogP contribution in [0.3, 0.4) is 0 Å². The third-order valence-electron chi connectivity index (χ3n) is 3.30. The van der Waals surface area contributed by atoms with E-state index in [0.717, 1.165) is 21.1 Å². The summed E-state index contributed by atoms with van der Waals surface area (Å²) in [5, 5.41) is 11.0. The average Bonchev–Trinajstić information content (AvgIpc) is 3.18. The highest BCUT2D eigenvalue weighted by Gasteiger charge is 2.14. The van der Waals surface area contributed by atoms with E-state index in [4.69, 9.17) is 9.15 Å². The molecule has 0 saturated carbocycles. The molecule has 3 rings (SSSR count). The fourth-order valence-corrected chi connectivity index (χ4v) is 3.11. The minimum absolute atomic E-state index is 0.153. The number of aromatic nitrogens is 3. The number of likely N-dealkylation sites (N-methyl/N-ethyl adjacent to an activating group) is 1. The van der Waals surface area contributed by atoms with Crippen molar-refractivity contribution in [3.63, 3.8) is 0 Å². The lowest BCUT2D eigenvalue weighted by Crippen LogP contribution is -2.34. The lowest BCUT2D eigenvalue weighted by atomic mass is 10.3. The van der Waals surface area contributed by atoms with Crippen LogP contribution in [0.1, 0.15) is 11.8 Å². The first kappa shape index (κ1) is 16.2. The van der Waals surface area contributed by atoms with Gasteiger partial charge in [0.25, 0.3) is 0 Å². The lowest BCUT2D eigenvalue weighted by Gasteiger charge is -2.14. The number of anilines is 1. The maximum atomic E-state index is 12.1. The van der Waals surface area contributed by atoms with E-state index in [1.165, 1.54) is 11.3 Å². The van der Waals surface area contributed by atoms with E-state index >= 15 is 0 Å². The molecule has 1 N–H and O–H groups in total. The molecule has 3 aromatic rings. The van der Waals surface area contributed by atoms with Crippen LogP contribution < -0.4 is 15.0 Å². The SMILES string of the molecule is COc1cccc2sc(N(C)CC(=O)NCc3nnc(C)o3)nc12. The molecule has 1 amide bonds. The topological polar surface area (TPSA) is 93.4 Å². The molecule has 24 heavy (non-hydrogen) atoms. The highest BCUT2D eigenvalue weighted by molar-refractivity contribution is 7.22. The van der Waals surface area contributed by atoms with E-state index in [2.05, 4.69) is 20.5 Å². The van der Waals surface area contributed by atoms with Gasteiger partial charge in [-0.3, -0.25) is 4.79 Å². The summed E-state index contributed by atoms with van der Waals surface area (Å²) < 4.78 is 11.5. The molecule has 0 radical (unpaired) electrons. The molecule has 2 heterocycles. The first-order chi connectivity index (χ1) is 11.6. The van der Waals surface area contributed by atoms with Gasteiger partial charge < -0.3 is 19.4 Å². The number of fused-ring (bicyclic) bond motifs is 1. The molecule has 0 aliphatic rings. The minimum Gasteiger partial charge on any atom is -0.494 e. The summed E-state index contributed by atoms with van der Waals surface area (Å²) in [6.07, 6.45) is 0. The highest BCUT2D eigenvalue weighted by atomic mass is 32.1. The summed E-state index contributed by atoms with van der Waals surface area (Å²) in [4.78, 5) is 18.4. The normalized spacial score (nSPS) is 10.8. The Labute approximate surface area is 142 Å². The number of aryl methyl sites for hydroxylation is 1. The Morgan fingerprint density at radius 1 is 1.42 bits per heavy atom. The van der Waals surface area contributed by atoms with Crippen LogP contribution >= 0.6 is 11.3 Å². The number of benzene rings is 1. The second kappa shape index (κ2) is 6.83. The summed E-state index contributed by atoms with van der Waals surface area (Å²) in [5.41, 5.74) is 0.800. The van der Waals surface area contributed by atoms with Gasteiger partial charge in [0, 0.05) is 14.0 Å². The third kappa shape index (κ3) is 3.46. The maximum absolute atomic E-state index is 12.1. The zero-order valence-corrected chi connectivity index (χ0v) is 14.4. The van der Waals surface area contributed by atoms with Crippen LogP contribution in [0, 0.1) is 6.92 Å². The van der Waals surface area contributed by atoms with Crippen LogP contribution in [0.5, 0.6) is 5.75 Å². The molecule has 1 aromatic carbocycles. The van der Waals surface area contributed by atoms with Crippen molar-refractivity contribution < 1.29 is 13.9 Å². The predicted molar refractivity (Wildman–Crippen MR) is 90.3 cm³/mol. The van der Waals surface area contributed by atoms with E-state index < -0.39 is 0 Å². The molecule has 0 bridgehead atoms. The lowest BCUT2D eigenvalue weighted by molar-refractivity contribution is -0.120. The second-order valence-electron chi connectivity index (χ2n) is 5.15. The highest BCUT2D eigenvalue weighted by Crippen LogP contribution is 2.33. The zero-order chi connectivity index (χ0) is 17.1. The Morgan fingerprint density at radius 2 is 2.25 bits per heavy atom. The van der Waals surface area contributed by atoms with Crippen molar-refractivity contribution in [1.29, 1.82) is 0 Å². The van der Waals surface area contributed by atoms with Gasteiger partial charge in [-0.15, -0.1) is 10.2 Å². The Bertz CT molecular complexity index is 860. The monoisotopic (exact) mass is 347 g/mol. The maximum Gasteiger partial charge on any atom is 0.240 e. The summed E-state index contributed by atoms with van der Waals surface area (Å²) in [6, 6.07) is 5.76. The summed E-state index contributed by atoms with van der Waals surface area (Å²) >= 11 is 1.51. The van der Waals surface area contributed by atoms with E-state index in [1.54, 1.807) is 18.9 Å². The van der Waals surface area contributed by atoms with Gasteiger partial charge in [0.2, 0.25) is 17.7 Å². The van der Waals surface area contributed by atoms with Crippen molar-refractivity contribution in [3.05, 3.63) is 30.0 Å². The number of hydrogen-bond acceptors (Lipinski definition) is 8.